The fourth-order valence-corrected chi connectivity index (χ4v) is 5.15. The van der Waals surface area contributed by atoms with Gasteiger partial charge in [-0.3, -0.25) is 0 Å². The maximum atomic E-state index is 6.77. The number of nitrogens with zero attached hydrogens (tertiary/aromatic N) is 3. The van der Waals surface area contributed by atoms with Gasteiger partial charge in [0.25, 0.3) is 0 Å². The Labute approximate surface area is 183 Å². The van der Waals surface area contributed by atoms with Crippen LogP contribution in [-0.2, 0) is 0 Å². The van der Waals surface area contributed by atoms with Crippen LogP contribution < -0.4 is 9.47 Å². The topological polar surface area (TPSA) is 37.3 Å². The molecule has 158 valence electrons. The van der Waals surface area contributed by atoms with Crippen LogP contribution in [0.25, 0.3) is 0 Å². The summed E-state index contributed by atoms with van der Waals surface area (Å²) < 4.78 is 12.4. The predicted molar refractivity (Wildman–Crippen MR) is 120 cm³/mol. The molecular formula is C24H28ClN3O2. The first kappa shape index (κ1) is 19.7. The largest absolute Gasteiger partial charge is 0.493 e. The zero-order chi connectivity index (χ0) is 20.7. The van der Waals surface area contributed by atoms with E-state index in [1.165, 1.54) is 6.42 Å². The molecule has 0 bridgehead atoms. The Balaban J connectivity index is 1.54. The van der Waals surface area contributed by atoms with Crippen molar-refractivity contribution in [3.8, 4) is 11.5 Å². The van der Waals surface area contributed by atoms with Crippen LogP contribution in [0.1, 0.15) is 49.8 Å². The number of hydrazone groups is 1. The van der Waals surface area contributed by atoms with E-state index in [2.05, 4.69) is 35.0 Å². The third kappa shape index (κ3) is 3.25. The minimum absolute atomic E-state index is 0.159. The van der Waals surface area contributed by atoms with Crippen molar-refractivity contribution < 1.29 is 9.47 Å². The minimum atomic E-state index is -0.426. The number of halogens is 1. The van der Waals surface area contributed by atoms with E-state index < -0.39 is 5.72 Å². The highest BCUT2D eigenvalue weighted by Crippen LogP contribution is 2.52. The molecule has 1 atom stereocenters. The number of ether oxygens (including phenoxy) is 2. The molecule has 0 radical (unpaired) electrons. The molecule has 5 nitrogen and oxygen atoms in total. The summed E-state index contributed by atoms with van der Waals surface area (Å²) in [6.45, 7) is 5.42. The highest BCUT2D eigenvalue weighted by Gasteiger charge is 2.52. The second kappa shape index (κ2) is 7.78. The summed E-state index contributed by atoms with van der Waals surface area (Å²) in [5.74, 6) is 1.69. The van der Waals surface area contributed by atoms with Gasteiger partial charge in [-0.1, -0.05) is 42.8 Å². The third-order valence-corrected chi connectivity index (χ3v) is 6.81. The van der Waals surface area contributed by atoms with Gasteiger partial charge < -0.3 is 14.4 Å². The number of hydrogen-bond acceptors (Lipinski definition) is 5. The lowest BCUT2D eigenvalue weighted by atomic mass is 9.90. The van der Waals surface area contributed by atoms with Crippen molar-refractivity contribution in [2.45, 2.75) is 44.4 Å². The number of rotatable bonds is 4. The van der Waals surface area contributed by atoms with Crippen molar-refractivity contribution >= 4 is 17.3 Å². The van der Waals surface area contributed by atoms with Gasteiger partial charge >= 0.3 is 0 Å². The van der Waals surface area contributed by atoms with Gasteiger partial charge in [-0.2, -0.15) is 5.10 Å². The van der Waals surface area contributed by atoms with E-state index in [0.29, 0.717) is 0 Å². The number of para-hydroxylation sites is 1. The number of hydrogen-bond donors (Lipinski definition) is 0. The zero-order valence-electron chi connectivity index (χ0n) is 17.6. The standard InChI is InChI=1S/C24H28ClN3O2/c1-3-13-27-14-11-24(12-15-27)28-21(19-5-4-6-22(29-2)23(19)30-24)16-20(26-28)17-7-9-18(25)10-8-17/h4-10,21H,3,11-16H2,1-2H3/t21-/m0/s1. The second-order valence-electron chi connectivity index (χ2n) is 8.39. The fourth-order valence-electron chi connectivity index (χ4n) is 5.02. The number of fused-ring (bicyclic) bond motifs is 4. The van der Waals surface area contributed by atoms with E-state index in [0.717, 1.165) is 72.3 Å². The summed E-state index contributed by atoms with van der Waals surface area (Å²) in [5.41, 5.74) is 2.94. The molecule has 2 aromatic carbocycles. The monoisotopic (exact) mass is 425 g/mol. The lowest BCUT2D eigenvalue weighted by Crippen LogP contribution is -2.59. The van der Waals surface area contributed by atoms with Crippen LogP contribution in [0.4, 0.5) is 0 Å². The van der Waals surface area contributed by atoms with Gasteiger partial charge in [-0.05, 0) is 36.7 Å². The smallest absolute Gasteiger partial charge is 0.200 e. The predicted octanol–water partition coefficient (Wildman–Crippen LogP) is 5.09. The van der Waals surface area contributed by atoms with Gasteiger partial charge in [0.15, 0.2) is 11.5 Å². The maximum Gasteiger partial charge on any atom is 0.200 e. The van der Waals surface area contributed by atoms with Crippen LogP contribution in [-0.4, -0.2) is 48.1 Å². The molecule has 2 aromatic rings. The molecule has 0 N–H and O–H groups in total. The number of likely N-dealkylation sites (tertiary alicyclic amines) is 1. The molecule has 1 saturated heterocycles. The summed E-state index contributed by atoms with van der Waals surface area (Å²) >= 11 is 6.11. The molecule has 0 amide bonds. The van der Waals surface area contributed by atoms with Gasteiger partial charge in [0, 0.05) is 42.9 Å². The van der Waals surface area contributed by atoms with Gasteiger partial charge in [-0.25, -0.2) is 5.01 Å². The van der Waals surface area contributed by atoms with Crippen LogP contribution in [0.2, 0.25) is 5.02 Å². The zero-order valence-corrected chi connectivity index (χ0v) is 18.4. The van der Waals surface area contributed by atoms with E-state index in [1.54, 1.807) is 7.11 Å². The Hall–Kier alpha value is -2.24. The molecule has 1 spiro atoms. The average molecular weight is 426 g/mol. The fraction of sp³-hybridized carbons (Fsp3) is 0.458. The molecule has 3 aliphatic heterocycles. The average Bonchev–Trinajstić information content (AvgIpc) is 3.23. The molecule has 0 aliphatic carbocycles. The van der Waals surface area contributed by atoms with Gasteiger partial charge in [-0.15, -0.1) is 0 Å². The SMILES string of the molecule is CCCN1CCC2(CC1)Oc1c(OC)cccc1[C@@H]1CC(c3ccc(Cl)cc3)=NN12. The Morgan fingerprint density at radius 3 is 2.63 bits per heavy atom. The van der Waals surface area contributed by atoms with Crippen LogP contribution in [0.15, 0.2) is 47.6 Å². The molecule has 3 heterocycles. The van der Waals surface area contributed by atoms with Crippen molar-refractivity contribution in [1.82, 2.24) is 9.91 Å². The number of benzene rings is 2. The minimum Gasteiger partial charge on any atom is -0.493 e. The van der Waals surface area contributed by atoms with Gasteiger partial charge in [0.2, 0.25) is 5.72 Å². The van der Waals surface area contributed by atoms with Crippen molar-refractivity contribution in [1.29, 1.82) is 0 Å². The highest BCUT2D eigenvalue weighted by atomic mass is 35.5. The first-order valence-electron chi connectivity index (χ1n) is 10.8. The van der Waals surface area contributed by atoms with Crippen LogP contribution in [0, 0.1) is 0 Å². The van der Waals surface area contributed by atoms with E-state index in [9.17, 15) is 0 Å². The molecule has 30 heavy (non-hydrogen) atoms. The molecule has 0 unspecified atom stereocenters. The van der Waals surface area contributed by atoms with Gasteiger partial charge in [0.1, 0.15) is 0 Å². The molecule has 3 aliphatic rings. The first-order valence-corrected chi connectivity index (χ1v) is 11.2. The van der Waals surface area contributed by atoms with Crippen molar-refractivity contribution in [3.63, 3.8) is 0 Å². The van der Waals surface area contributed by atoms with Crippen LogP contribution >= 0.6 is 11.6 Å². The Bertz CT molecular complexity index is 951. The summed E-state index contributed by atoms with van der Waals surface area (Å²) in [6, 6.07) is 14.3. The first-order chi connectivity index (χ1) is 14.6. The maximum absolute atomic E-state index is 6.77. The molecule has 5 rings (SSSR count). The van der Waals surface area contributed by atoms with Gasteiger partial charge in [0.05, 0.1) is 18.9 Å². The van der Waals surface area contributed by atoms with E-state index >= 15 is 0 Å². The van der Waals surface area contributed by atoms with E-state index in [-0.39, 0.29) is 6.04 Å². The Morgan fingerprint density at radius 2 is 1.93 bits per heavy atom. The highest BCUT2D eigenvalue weighted by molar-refractivity contribution is 6.30. The molecule has 1 fully saturated rings. The molecular weight excluding hydrogens is 398 g/mol. The van der Waals surface area contributed by atoms with Crippen LogP contribution in [0.3, 0.4) is 0 Å². The quantitative estimate of drug-likeness (QED) is 0.683. The summed E-state index contributed by atoms with van der Waals surface area (Å²) in [5, 5.41) is 8.13. The Morgan fingerprint density at radius 1 is 1.17 bits per heavy atom. The molecule has 0 saturated carbocycles. The molecule has 0 aromatic heterocycles. The number of piperidine rings is 1. The third-order valence-electron chi connectivity index (χ3n) is 6.56. The number of methoxy groups -OCH3 is 1. The van der Waals surface area contributed by atoms with E-state index in [4.69, 9.17) is 26.2 Å². The summed E-state index contributed by atoms with van der Waals surface area (Å²) in [4.78, 5) is 2.53. The van der Waals surface area contributed by atoms with Crippen molar-refractivity contribution in [2.24, 2.45) is 5.10 Å². The van der Waals surface area contributed by atoms with Crippen molar-refractivity contribution in [3.05, 3.63) is 58.6 Å². The lowest BCUT2D eigenvalue weighted by Gasteiger charge is -2.51. The van der Waals surface area contributed by atoms with E-state index in [1.807, 2.05) is 24.3 Å². The van der Waals surface area contributed by atoms with Crippen LogP contribution in [0.5, 0.6) is 11.5 Å². The Kier molecular flexibility index (Phi) is 5.11. The van der Waals surface area contributed by atoms with Crippen molar-refractivity contribution in [2.75, 3.05) is 26.7 Å². The lowest BCUT2D eigenvalue weighted by molar-refractivity contribution is -0.150. The normalized spacial score (nSPS) is 22.3. The second-order valence-corrected chi connectivity index (χ2v) is 8.82. The summed E-state index contributed by atoms with van der Waals surface area (Å²) in [7, 11) is 1.71. The molecule has 6 heteroatoms. The summed E-state index contributed by atoms with van der Waals surface area (Å²) in [6.07, 6.45) is 3.89.